The summed E-state index contributed by atoms with van der Waals surface area (Å²) < 4.78 is 13.5. The van der Waals surface area contributed by atoms with Crippen molar-refractivity contribution in [2.75, 3.05) is 0 Å². The first-order valence-corrected chi connectivity index (χ1v) is 7.66. The first kappa shape index (κ1) is 19.2. The number of hydrogen-bond donors (Lipinski definition) is 2. The fraction of sp³-hybridized carbons (Fsp3) is 0.211. The van der Waals surface area contributed by atoms with Crippen LogP contribution >= 0.6 is 0 Å². The molecule has 0 aromatic heterocycles. The van der Waals surface area contributed by atoms with E-state index in [9.17, 15) is 14.0 Å². The lowest BCUT2D eigenvalue weighted by atomic mass is 9.96. The van der Waals surface area contributed by atoms with E-state index in [0.717, 1.165) is 0 Å². The van der Waals surface area contributed by atoms with E-state index in [-0.39, 0.29) is 29.0 Å². The highest BCUT2D eigenvalue weighted by Crippen LogP contribution is 2.16. The van der Waals surface area contributed by atoms with Gasteiger partial charge in [-0.2, -0.15) is 0 Å². The molecule has 0 atom stereocenters. The Hall–Kier alpha value is -2.82. The summed E-state index contributed by atoms with van der Waals surface area (Å²) in [4.78, 5) is 22.8. The van der Waals surface area contributed by atoms with Gasteiger partial charge in [0.2, 0.25) is 5.91 Å². The number of primary amides is 1. The smallest absolute Gasteiger partial charge is 0.249 e. The number of rotatable bonds is 5. The van der Waals surface area contributed by atoms with E-state index >= 15 is 0 Å². The zero-order valence-corrected chi connectivity index (χ0v) is 14.0. The molecule has 2 aromatic carbocycles. The molecule has 0 spiro atoms. The van der Waals surface area contributed by atoms with Crippen LogP contribution in [-0.4, -0.2) is 17.4 Å². The van der Waals surface area contributed by atoms with Gasteiger partial charge in [-0.15, -0.1) is 0 Å². The average Bonchev–Trinajstić information content (AvgIpc) is 2.58. The highest BCUT2D eigenvalue weighted by molar-refractivity contribution is 6.09. The predicted octanol–water partition coefficient (Wildman–Crippen LogP) is 3.76. The molecule has 0 fully saturated rings. The Balaban J connectivity index is 0.00000139. The van der Waals surface area contributed by atoms with Gasteiger partial charge < -0.3 is 11.1 Å². The lowest BCUT2D eigenvalue weighted by molar-refractivity contribution is 0.0995. The van der Waals surface area contributed by atoms with E-state index in [1.165, 1.54) is 25.1 Å². The molecule has 1 amide bonds. The Morgan fingerprint density at radius 1 is 1.04 bits per heavy atom. The Kier molecular flexibility index (Phi) is 6.98. The molecule has 126 valence electrons. The van der Waals surface area contributed by atoms with Crippen molar-refractivity contribution in [1.82, 2.24) is 0 Å². The average molecular weight is 328 g/mol. The first-order chi connectivity index (χ1) is 11.4. The number of nitrogens with one attached hydrogen (secondary N) is 1. The molecule has 0 aliphatic heterocycles. The molecule has 0 saturated heterocycles. The number of nitrogens with two attached hydrogens (primary N) is 1. The number of halogens is 1. The van der Waals surface area contributed by atoms with Crippen LogP contribution in [0.5, 0.6) is 0 Å². The Bertz CT molecular complexity index is 770. The molecule has 0 saturated carbocycles. The molecule has 2 aromatic rings. The molecule has 4 nitrogen and oxygen atoms in total. The summed E-state index contributed by atoms with van der Waals surface area (Å²) in [5.41, 5.74) is 6.79. The van der Waals surface area contributed by atoms with Crippen LogP contribution < -0.4 is 5.73 Å². The normalized spacial score (nSPS) is 9.67. The third kappa shape index (κ3) is 4.59. The molecule has 5 heteroatoms. The lowest BCUT2D eigenvalue weighted by Gasteiger charge is -2.09. The van der Waals surface area contributed by atoms with E-state index < -0.39 is 11.7 Å². The standard InChI is InChI=1S/C17H15FN2O2.C2H6/c1-10(21)14-8-11(6-7-15(14)18)9-16(19)12-4-2-3-5-13(12)17(20)22;1-2/h2-8,19H,9H2,1H3,(H2,20,22);1-2H3. The molecule has 0 heterocycles. The van der Waals surface area contributed by atoms with Gasteiger partial charge in [0, 0.05) is 23.3 Å². The maximum atomic E-state index is 13.5. The molecule has 0 bridgehead atoms. The predicted molar refractivity (Wildman–Crippen MR) is 93.2 cm³/mol. The molecule has 0 radical (unpaired) electrons. The van der Waals surface area contributed by atoms with Crippen LogP contribution in [0.1, 0.15) is 52.6 Å². The third-order valence-corrected chi connectivity index (χ3v) is 3.31. The van der Waals surface area contributed by atoms with E-state index in [1.54, 1.807) is 24.3 Å². The van der Waals surface area contributed by atoms with Crippen LogP contribution in [0.4, 0.5) is 4.39 Å². The Morgan fingerprint density at radius 2 is 1.62 bits per heavy atom. The number of ketones is 1. The van der Waals surface area contributed by atoms with Crippen molar-refractivity contribution < 1.29 is 14.0 Å². The van der Waals surface area contributed by atoms with Gasteiger partial charge in [0.05, 0.1) is 5.56 Å². The summed E-state index contributed by atoms with van der Waals surface area (Å²) in [5.74, 6) is -1.56. The van der Waals surface area contributed by atoms with Crippen molar-refractivity contribution in [3.8, 4) is 0 Å². The van der Waals surface area contributed by atoms with Crippen LogP contribution in [0.25, 0.3) is 0 Å². The lowest BCUT2D eigenvalue weighted by Crippen LogP contribution is -2.17. The van der Waals surface area contributed by atoms with Gasteiger partial charge >= 0.3 is 0 Å². The van der Waals surface area contributed by atoms with Crippen LogP contribution in [-0.2, 0) is 6.42 Å². The van der Waals surface area contributed by atoms with Gasteiger partial charge in [-0.3, -0.25) is 9.59 Å². The quantitative estimate of drug-likeness (QED) is 0.647. The minimum absolute atomic E-state index is 0.00603. The zero-order valence-electron chi connectivity index (χ0n) is 14.0. The van der Waals surface area contributed by atoms with Gasteiger partial charge in [0.25, 0.3) is 0 Å². The summed E-state index contributed by atoms with van der Waals surface area (Å²) in [6.45, 7) is 5.29. The summed E-state index contributed by atoms with van der Waals surface area (Å²) in [6.07, 6.45) is 0.171. The van der Waals surface area contributed by atoms with Crippen LogP contribution in [0.3, 0.4) is 0 Å². The molecule has 0 aliphatic carbocycles. The number of amides is 1. The topological polar surface area (TPSA) is 84.0 Å². The Morgan fingerprint density at radius 3 is 2.17 bits per heavy atom. The monoisotopic (exact) mass is 328 g/mol. The number of Topliss-reactive ketones (excluding diaryl/α,β-unsaturated/α-hetero) is 1. The summed E-state index contributed by atoms with van der Waals surface area (Å²) in [6, 6.07) is 10.7. The molecule has 0 unspecified atom stereocenters. The fourth-order valence-electron chi connectivity index (χ4n) is 2.21. The number of carbonyl (C=O) groups excluding carboxylic acids is 2. The van der Waals surface area contributed by atoms with Crippen molar-refractivity contribution >= 4 is 17.4 Å². The van der Waals surface area contributed by atoms with Gasteiger partial charge in [-0.1, -0.05) is 38.1 Å². The minimum atomic E-state index is -0.608. The maximum Gasteiger partial charge on any atom is 0.249 e. The molecular weight excluding hydrogens is 307 g/mol. The first-order valence-electron chi connectivity index (χ1n) is 7.66. The van der Waals surface area contributed by atoms with Crippen molar-refractivity contribution in [2.45, 2.75) is 27.2 Å². The van der Waals surface area contributed by atoms with E-state index in [0.29, 0.717) is 11.1 Å². The molecule has 3 N–H and O–H groups in total. The molecule has 24 heavy (non-hydrogen) atoms. The second-order valence-electron chi connectivity index (χ2n) is 4.94. The van der Waals surface area contributed by atoms with E-state index in [1.807, 2.05) is 13.8 Å². The van der Waals surface area contributed by atoms with Crippen molar-refractivity contribution in [3.05, 3.63) is 70.5 Å². The number of hydrogen-bond acceptors (Lipinski definition) is 3. The van der Waals surface area contributed by atoms with Crippen molar-refractivity contribution in [3.63, 3.8) is 0 Å². The summed E-state index contributed by atoms with van der Waals surface area (Å²) in [5, 5.41) is 8.15. The van der Waals surface area contributed by atoms with Crippen LogP contribution in [0.15, 0.2) is 42.5 Å². The van der Waals surface area contributed by atoms with Gasteiger partial charge in [-0.25, -0.2) is 4.39 Å². The highest BCUT2D eigenvalue weighted by Gasteiger charge is 2.14. The van der Waals surface area contributed by atoms with Crippen molar-refractivity contribution in [1.29, 1.82) is 5.41 Å². The second-order valence-corrected chi connectivity index (χ2v) is 4.94. The number of carbonyl (C=O) groups is 2. The van der Waals surface area contributed by atoms with Crippen molar-refractivity contribution in [2.24, 2.45) is 5.73 Å². The summed E-state index contributed by atoms with van der Waals surface area (Å²) >= 11 is 0. The molecular formula is C19H21FN2O2. The highest BCUT2D eigenvalue weighted by atomic mass is 19.1. The summed E-state index contributed by atoms with van der Waals surface area (Å²) in [7, 11) is 0. The Labute approximate surface area is 141 Å². The third-order valence-electron chi connectivity index (χ3n) is 3.31. The largest absolute Gasteiger partial charge is 0.366 e. The van der Waals surface area contributed by atoms with Gasteiger partial charge in [-0.05, 0) is 30.7 Å². The van der Waals surface area contributed by atoms with Gasteiger partial charge in [0.15, 0.2) is 5.78 Å². The van der Waals surface area contributed by atoms with Crippen LogP contribution in [0.2, 0.25) is 0 Å². The fourth-order valence-corrected chi connectivity index (χ4v) is 2.21. The van der Waals surface area contributed by atoms with Gasteiger partial charge in [0.1, 0.15) is 5.82 Å². The minimum Gasteiger partial charge on any atom is -0.366 e. The van der Waals surface area contributed by atoms with Crippen LogP contribution in [0, 0.1) is 11.2 Å². The maximum absolute atomic E-state index is 13.5. The number of benzene rings is 2. The zero-order chi connectivity index (χ0) is 18.3. The molecule has 0 aliphatic rings. The second kappa shape index (κ2) is 8.72. The molecule has 2 rings (SSSR count). The van der Waals surface area contributed by atoms with E-state index in [2.05, 4.69) is 0 Å². The van der Waals surface area contributed by atoms with E-state index in [4.69, 9.17) is 11.1 Å². The SMILES string of the molecule is CC.CC(=O)c1cc(CC(=N)c2ccccc2C(N)=O)ccc1F.